The quantitative estimate of drug-likeness (QED) is 0.0580. The lowest BCUT2D eigenvalue weighted by molar-refractivity contribution is -0.527. The molecule has 0 aromatic carbocycles. The minimum Gasteiger partial charge on any atom is -0.309 e. The summed E-state index contributed by atoms with van der Waals surface area (Å²) in [6.45, 7) is 4.26. The molecule has 7 unspecified atom stereocenters. The summed E-state index contributed by atoms with van der Waals surface area (Å²) in [5, 5.41) is 0. The largest absolute Gasteiger partial charge is 0.458 e. The first kappa shape index (κ1) is 152. The van der Waals surface area contributed by atoms with Gasteiger partial charge in [0.15, 0.2) is 35.0 Å². The molecule has 10 nitrogen and oxygen atoms in total. The van der Waals surface area contributed by atoms with Crippen molar-refractivity contribution in [1.29, 1.82) is 0 Å². The van der Waals surface area contributed by atoms with E-state index in [1.165, 1.54) is 0 Å². The van der Waals surface area contributed by atoms with E-state index in [0.29, 0.717) is 28.5 Å². The van der Waals surface area contributed by atoms with E-state index in [2.05, 4.69) is 41.6 Å². The predicted molar refractivity (Wildman–Crippen MR) is 303 cm³/mol. The van der Waals surface area contributed by atoms with Crippen LogP contribution < -0.4 is 0 Å². The number of ether oxygens (including phenoxy) is 10. The highest BCUT2D eigenvalue weighted by molar-refractivity contribution is 5.02. The second kappa shape index (κ2) is 52.0. The second-order valence-corrected chi connectivity index (χ2v) is 19.9. The van der Waals surface area contributed by atoms with Crippen LogP contribution in [0.1, 0.15) is 69.7 Å². The molecule has 0 aromatic rings. The fraction of sp³-hybridized carbons (Fsp3) is 0.782. The Bertz CT molecular complexity index is 3110. The molecule has 0 rings (SSSR count). The Morgan fingerprint density at radius 3 is 0.485 bits per heavy atom. The van der Waals surface area contributed by atoms with Gasteiger partial charge in [0.2, 0.25) is 0 Å². The zero-order chi connectivity index (χ0) is 105. The van der Waals surface area contributed by atoms with Crippen molar-refractivity contribution in [3.63, 3.8) is 0 Å². The summed E-state index contributed by atoms with van der Waals surface area (Å²) in [5.41, 5.74) is 0. The molecule has 75 heteroatoms. The molecule has 0 fully saturated rings. The van der Waals surface area contributed by atoms with Gasteiger partial charge in [-0.1, -0.05) is 90.0 Å². The lowest BCUT2D eigenvalue weighted by Crippen LogP contribution is -2.64. The maximum absolute atomic E-state index is 13.5. The van der Waals surface area contributed by atoms with Crippen molar-refractivity contribution in [1.82, 2.24) is 0 Å². The average Bonchev–Trinajstić information content (AvgIpc) is 0.738. The van der Waals surface area contributed by atoms with Crippen molar-refractivity contribution in [3.8, 4) is 0 Å². The van der Waals surface area contributed by atoms with Crippen LogP contribution in [0.15, 0.2) is 74.4 Å². The lowest BCUT2D eigenvalue weighted by atomic mass is 10.2. The molecule has 0 amide bonds. The second-order valence-electron chi connectivity index (χ2n) is 19.9. The number of hydrogen-bond donors (Lipinski definition) is 0. The van der Waals surface area contributed by atoms with Crippen molar-refractivity contribution >= 4 is 0 Å². The van der Waals surface area contributed by atoms with Gasteiger partial charge in [0.25, 0.3) is 6.43 Å². The Hall–Kier alpha value is -6.51. The highest BCUT2D eigenvalue weighted by atomic mass is 19.5. The fourth-order valence-corrected chi connectivity index (χ4v) is 4.62. The van der Waals surface area contributed by atoms with Crippen LogP contribution in [0, 0.1) is 0 Å². The van der Waals surface area contributed by atoms with Gasteiger partial charge >= 0.3 is 158 Å². The number of alkyl halides is 59. The van der Waals surface area contributed by atoms with Crippen molar-refractivity contribution in [2.45, 2.75) is 234 Å². The third kappa shape index (κ3) is 44.3. The molecule has 0 aliphatic carbocycles. The van der Waals surface area contributed by atoms with Crippen LogP contribution in [0.2, 0.25) is 0 Å². The first-order valence-electron chi connectivity index (χ1n) is 27.9. The van der Waals surface area contributed by atoms with Gasteiger partial charge in [-0.25, -0.2) is 48.3 Å². The first-order valence-corrected chi connectivity index (χ1v) is 27.9. The van der Waals surface area contributed by atoms with Crippen LogP contribution in [0.5, 0.6) is 0 Å². The summed E-state index contributed by atoms with van der Waals surface area (Å²) in [6, 6.07) is 0. The molecule has 0 radical (unpaired) electrons. The van der Waals surface area contributed by atoms with Gasteiger partial charge < -0.3 is 14.2 Å². The van der Waals surface area contributed by atoms with Crippen LogP contribution in [0.3, 0.4) is 0 Å². The van der Waals surface area contributed by atoms with Crippen LogP contribution in [0.4, 0.5) is 285 Å². The average molecular weight is 2110 g/mol. The summed E-state index contributed by atoms with van der Waals surface area (Å²) in [6.07, 6.45) is -127. The zero-order valence-electron chi connectivity index (χ0n) is 59.7. The standard InChI is InChI=1S/2C10H7F13O2.2C8H4F12O2.C7H7F7O.C5H5F5O.3CH3F.4CH4/c2*1-3-5(12,8(16,17)18)24-10(22,23)7(15,9(19,20)21)25-6(13,14)4(2)11;2*1-3(9)5(13,14)22-6(15,7(16,17)18)8(19,20)21-2-4(10,11)12;1-3-5(9,7(12,13)14)15-6(10,11)4(2)8;1-3(6)5(9,10)11-2-4(7)8;3*1-2;;;;/h2*2-3H2,1H3;2*1-2H2;2-3H2,1H3;4H,1-2H2;3*1H3;4*1H4. The van der Waals surface area contributed by atoms with E-state index in [-0.39, 0.29) is 43.6 Å². The molecule has 0 bridgehead atoms. The molecule has 0 saturated heterocycles. The molecule has 0 saturated carbocycles. The highest BCUT2D eigenvalue weighted by Crippen LogP contribution is 2.58. The molecule has 0 spiro atoms. The van der Waals surface area contributed by atoms with Gasteiger partial charge in [0, 0.05) is 19.3 Å². The SMILES string of the molecule is C.C.C.C.C=C(F)C(F)(F)OC(F)(C(F)(F)F)C(F)(F)OC(F)(CC)C(F)(F)F.C=C(F)C(F)(F)OC(F)(C(F)(F)F)C(F)(F)OC(F)(CC)C(F)(F)F.C=C(F)C(F)(F)OC(F)(C(F)(F)F)C(F)(F)OCC(F)(F)F.C=C(F)C(F)(F)OC(F)(C(F)(F)F)C(F)(F)OCC(F)(F)F.C=C(F)C(F)(F)OC(F)(CC)C(F)(F)F.C=C(F)C(F)(F)OCC(F)F.CF.CF.CF. The van der Waals surface area contributed by atoms with Crippen LogP contribution in [-0.4, -0.2) is 205 Å². The Morgan fingerprint density at radius 2 is 0.362 bits per heavy atom. The minimum absolute atomic E-state index is 0. The molecular formula is C55H59F65O10. The normalized spacial score (nSPS) is 16.4. The van der Waals surface area contributed by atoms with E-state index in [1.54, 1.807) is 26.3 Å². The molecule has 0 aromatic heterocycles. The maximum atomic E-state index is 13.5. The summed E-state index contributed by atoms with van der Waals surface area (Å²) >= 11 is 0. The third-order valence-corrected chi connectivity index (χ3v) is 10.7. The Kier molecular flexibility index (Phi) is 60.7. The van der Waals surface area contributed by atoms with E-state index >= 15 is 0 Å². The first-order chi connectivity index (χ1) is 54.4. The van der Waals surface area contributed by atoms with Crippen LogP contribution in [0.25, 0.3) is 0 Å². The molecule has 130 heavy (non-hydrogen) atoms. The Morgan fingerprint density at radius 1 is 0.215 bits per heavy atom. The van der Waals surface area contributed by atoms with Gasteiger partial charge in [0.05, 0.1) is 21.5 Å². The van der Waals surface area contributed by atoms with Crippen molar-refractivity contribution in [2.75, 3.05) is 41.4 Å². The smallest absolute Gasteiger partial charge is 0.309 e. The Balaban J connectivity index is -0.000000114. The van der Waals surface area contributed by atoms with E-state index < -0.39 is 238 Å². The maximum Gasteiger partial charge on any atom is 0.458 e. The lowest BCUT2D eigenvalue weighted by Gasteiger charge is -2.38. The van der Waals surface area contributed by atoms with E-state index in [1.807, 2.05) is 18.9 Å². The summed E-state index contributed by atoms with van der Waals surface area (Å²) in [7, 11) is 1.50. The monoisotopic (exact) mass is 2110 g/mol. The topological polar surface area (TPSA) is 92.3 Å². The molecular weight excluding hydrogens is 2060 g/mol. The van der Waals surface area contributed by atoms with Gasteiger partial charge in [0.1, 0.15) is 19.8 Å². The molecule has 794 valence electrons. The van der Waals surface area contributed by atoms with Gasteiger partial charge in [-0.15, -0.1) is 0 Å². The van der Waals surface area contributed by atoms with E-state index in [9.17, 15) is 285 Å². The van der Waals surface area contributed by atoms with Crippen molar-refractivity contribution < 1.29 is 333 Å². The predicted octanol–water partition coefficient (Wildman–Crippen LogP) is 30.4. The molecule has 0 N–H and O–H groups in total. The highest BCUT2D eigenvalue weighted by Gasteiger charge is 2.84. The van der Waals surface area contributed by atoms with Crippen LogP contribution >= 0.6 is 0 Å². The van der Waals surface area contributed by atoms with Gasteiger partial charge in [-0.05, 0) is 0 Å². The molecule has 7 atom stereocenters. The molecule has 0 heterocycles. The van der Waals surface area contributed by atoms with Crippen LogP contribution in [-0.2, 0) is 47.4 Å². The van der Waals surface area contributed by atoms with E-state index in [0.717, 1.165) is 0 Å². The van der Waals surface area contributed by atoms with Crippen molar-refractivity contribution in [2.24, 2.45) is 0 Å². The zero-order valence-corrected chi connectivity index (χ0v) is 59.7. The fourth-order valence-electron chi connectivity index (χ4n) is 4.62. The number of rotatable bonds is 34. The summed E-state index contributed by atoms with van der Waals surface area (Å²) in [5.74, 6) is -60.7. The van der Waals surface area contributed by atoms with Crippen molar-refractivity contribution in [3.05, 3.63) is 74.4 Å². The minimum atomic E-state index is -7.21. The third-order valence-electron chi connectivity index (χ3n) is 10.7. The molecule has 0 aliphatic heterocycles. The number of halogens is 65. The molecule has 0 aliphatic rings. The summed E-state index contributed by atoms with van der Waals surface area (Å²) in [4.78, 5) is 0. The van der Waals surface area contributed by atoms with E-state index in [4.69, 9.17) is 0 Å². The summed E-state index contributed by atoms with van der Waals surface area (Å²) < 4.78 is 820. The Labute approximate surface area is 682 Å². The number of hydrogen-bond acceptors (Lipinski definition) is 10. The van der Waals surface area contributed by atoms with Gasteiger partial charge in [-0.3, -0.25) is 46.3 Å². The van der Waals surface area contributed by atoms with Gasteiger partial charge in [-0.2, -0.15) is 224 Å².